The van der Waals surface area contributed by atoms with Gasteiger partial charge in [0.25, 0.3) is 0 Å². The normalized spacial score (nSPS) is 11.9. The summed E-state index contributed by atoms with van der Waals surface area (Å²) in [5.74, 6) is -0.249. The number of hydrogen-bond donors (Lipinski definition) is 0. The van der Waals surface area contributed by atoms with Gasteiger partial charge in [-0.3, -0.25) is 4.79 Å². The molecule has 0 spiro atoms. The minimum atomic E-state index is -0.241. The van der Waals surface area contributed by atoms with Crippen molar-refractivity contribution in [3.05, 3.63) is 32.7 Å². The molecule has 0 bridgehead atoms. The van der Waals surface area contributed by atoms with Crippen LogP contribution in [0.2, 0.25) is 0 Å². The van der Waals surface area contributed by atoms with Gasteiger partial charge in [0.05, 0.1) is 12.0 Å². The van der Waals surface area contributed by atoms with E-state index in [0.717, 1.165) is 8.95 Å². The Bertz CT molecular complexity index is 403. The molecule has 15 heavy (non-hydrogen) atoms. The van der Waals surface area contributed by atoms with E-state index in [1.54, 1.807) is 19.1 Å². The third kappa shape index (κ3) is 3.77. The molecule has 0 N–H and O–H groups in total. The van der Waals surface area contributed by atoms with Crippen molar-refractivity contribution in [2.24, 2.45) is 5.92 Å². The summed E-state index contributed by atoms with van der Waals surface area (Å²) in [6.07, 6.45) is 0.263. The van der Waals surface area contributed by atoms with Crippen LogP contribution in [-0.2, 0) is 0 Å². The lowest BCUT2D eigenvalue weighted by atomic mass is 10.0. The molecule has 1 unspecified atom stereocenters. The number of hydrogen-bond acceptors (Lipinski definition) is 2. The summed E-state index contributed by atoms with van der Waals surface area (Å²) in [5, 5.41) is 8.62. The molecule has 0 saturated carbocycles. The van der Waals surface area contributed by atoms with Gasteiger partial charge in [0.15, 0.2) is 5.78 Å². The first kappa shape index (κ1) is 12.4. The van der Waals surface area contributed by atoms with Crippen LogP contribution >= 0.6 is 31.9 Å². The summed E-state index contributed by atoms with van der Waals surface area (Å²) < 4.78 is 1.70. The van der Waals surface area contributed by atoms with Gasteiger partial charge >= 0.3 is 0 Å². The van der Waals surface area contributed by atoms with Gasteiger partial charge in [-0.15, -0.1) is 0 Å². The zero-order valence-electron chi connectivity index (χ0n) is 8.13. The molecule has 0 amide bonds. The molecule has 0 aliphatic heterocycles. The Balaban J connectivity index is 2.88. The number of ketones is 1. The third-order valence-corrected chi connectivity index (χ3v) is 2.81. The quantitative estimate of drug-likeness (QED) is 0.787. The molecule has 1 atom stereocenters. The Morgan fingerprint density at radius 1 is 1.40 bits per heavy atom. The topological polar surface area (TPSA) is 40.9 Å². The van der Waals surface area contributed by atoms with Crippen molar-refractivity contribution in [1.29, 1.82) is 5.26 Å². The van der Waals surface area contributed by atoms with Crippen LogP contribution in [-0.4, -0.2) is 5.78 Å². The number of carbonyl (C=O) groups is 1. The van der Waals surface area contributed by atoms with Crippen molar-refractivity contribution >= 4 is 37.6 Å². The summed E-state index contributed by atoms with van der Waals surface area (Å²) in [6, 6.07) is 7.44. The number of Topliss-reactive ketones (excluding diaryl/α,β-unsaturated/α-hetero) is 1. The molecule has 1 rings (SSSR count). The maximum Gasteiger partial charge on any atom is 0.164 e. The van der Waals surface area contributed by atoms with E-state index in [-0.39, 0.29) is 18.1 Å². The molecule has 0 saturated heterocycles. The molecule has 0 radical (unpaired) electrons. The van der Waals surface area contributed by atoms with Crippen molar-refractivity contribution in [3.63, 3.8) is 0 Å². The second-order valence-corrected chi connectivity index (χ2v) is 5.15. The highest BCUT2D eigenvalue weighted by atomic mass is 79.9. The van der Waals surface area contributed by atoms with Crippen LogP contribution < -0.4 is 0 Å². The molecular formula is C11H9Br2NO. The summed E-state index contributed by atoms with van der Waals surface area (Å²) >= 11 is 6.63. The largest absolute Gasteiger partial charge is 0.294 e. The van der Waals surface area contributed by atoms with Gasteiger partial charge in [-0.1, -0.05) is 31.9 Å². The van der Waals surface area contributed by atoms with Gasteiger partial charge in [-0.05, 0) is 25.1 Å². The van der Waals surface area contributed by atoms with E-state index in [9.17, 15) is 4.79 Å². The smallest absolute Gasteiger partial charge is 0.164 e. The van der Waals surface area contributed by atoms with E-state index < -0.39 is 0 Å². The van der Waals surface area contributed by atoms with Crippen LogP contribution in [0.25, 0.3) is 0 Å². The molecule has 2 nitrogen and oxygen atoms in total. The SMILES string of the molecule is CC(C#N)CC(=O)c1cc(Br)cc(Br)c1. The second-order valence-electron chi connectivity index (χ2n) is 3.32. The highest BCUT2D eigenvalue weighted by molar-refractivity contribution is 9.11. The lowest BCUT2D eigenvalue weighted by Crippen LogP contribution is -2.04. The van der Waals surface area contributed by atoms with Crippen LogP contribution in [0.15, 0.2) is 27.1 Å². The number of nitrogens with zero attached hydrogens (tertiary/aromatic N) is 1. The monoisotopic (exact) mass is 329 g/mol. The first-order valence-electron chi connectivity index (χ1n) is 4.42. The number of rotatable bonds is 3. The summed E-state index contributed by atoms with van der Waals surface area (Å²) in [7, 11) is 0. The van der Waals surface area contributed by atoms with E-state index >= 15 is 0 Å². The molecule has 78 valence electrons. The van der Waals surface area contributed by atoms with Crippen LogP contribution in [0.1, 0.15) is 23.7 Å². The average Bonchev–Trinajstić information content (AvgIpc) is 2.16. The standard InChI is InChI=1S/C11H9Br2NO/c1-7(6-14)2-11(15)8-3-9(12)5-10(13)4-8/h3-5,7H,2H2,1H3. The van der Waals surface area contributed by atoms with E-state index in [1.165, 1.54) is 0 Å². The van der Waals surface area contributed by atoms with Crippen LogP contribution in [0, 0.1) is 17.2 Å². The highest BCUT2D eigenvalue weighted by Gasteiger charge is 2.11. The van der Waals surface area contributed by atoms with Gasteiger partial charge in [0.1, 0.15) is 0 Å². The van der Waals surface area contributed by atoms with Crippen molar-refractivity contribution in [1.82, 2.24) is 0 Å². The minimum Gasteiger partial charge on any atom is -0.294 e. The molecule has 1 aromatic carbocycles. The number of nitriles is 1. The van der Waals surface area contributed by atoms with E-state index in [2.05, 4.69) is 37.9 Å². The molecular weight excluding hydrogens is 322 g/mol. The first-order valence-corrected chi connectivity index (χ1v) is 6.00. The van der Waals surface area contributed by atoms with E-state index in [4.69, 9.17) is 5.26 Å². The predicted octanol–water partition coefficient (Wildman–Crippen LogP) is 3.94. The lowest BCUT2D eigenvalue weighted by molar-refractivity contribution is 0.0972. The molecule has 0 heterocycles. The summed E-state index contributed by atoms with van der Waals surface area (Å²) in [6.45, 7) is 1.74. The minimum absolute atomic E-state index is 0.00829. The average molecular weight is 331 g/mol. The van der Waals surface area contributed by atoms with E-state index in [0.29, 0.717) is 5.56 Å². The molecule has 0 aliphatic carbocycles. The zero-order chi connectivity index (χ0) is 11.4. The molecule has 0 aliphatic rings. The number of benzene rings is 1. The van der Waals surface area contributed by atoms with Crippen LogP contribution in [0.5, 0.6) is 0 Å². The van der Waals surface area contributed by atoms with E-state index in [1.807, 2.05) is 6.07 Å². The molecule has 0 aromatic heterocycles. The zero-order valence-corrected chi connectivity index (χ0v) is 11.3. The molecule has 4 heteroatoms. The maximum atomic E-state index is 11.7. The Hall–Kier alpha value is -0.660. The first-order chi connectivity index (χ1) is 7.02. The fraction of sp³-hybridized carbons (Fsp3) is 0.273. The van der Waals surface area contributed by atoms with Gasteiger partial charge in [0, 0.05) is 20.9 Å². The Morgan fingerprint density at radius 3 is 2.40 bits per heavy atom. The van der Waals surface area contributed by atoms with Crippen molar-refractivity contribution in [2.75, 3.05) is 0 Å². The fourth-order valence-electron chi connectivity index (χ4n) is 1.16. The predicted molar refractivity (Wildman–Crippen MR) is 65.6 cm³/mol. The maximum absolute atomic E-state index is 11.7. The van der Waals surface area contributed by atoms with Gasteiger partial charge in [0.2, 0.25) is 0 Å². The van der Waals surface area contributed by atoms with Crippen LogP contribution in [0.4, 0.5) is 0 Å². The summed E-state index contributed by atoms with van der Waals surface area (Å²) in [5.41, 5.74) is 0.623. The number of carbonyl (C=O) groups excluding carboxylic acids is 1. The van der Waals surface area contributed by atoms with Gasteiger partial charge < -0.3 is 0 Å². The molecule has 1 aromatic rings. The highest BCUT2D eigenvalue weighted by Crippen LogP contribution is 2.21. The fourth-order valence-corrected chi connectivity index (χ4v) is 2.45. The van der Waals surface area contributed by atoms with Crippen molar-refractivity contribution in [2.45, 2.75) is 13.3 Å². The van der Waals surface area contributed by atoms with Crippen molar-refractivity contribution < 1.29 is 4.79 Å². The Morgan fingerprint density at radius 2 is 1.93 bits per heavy atom. The van der Waals surface area contributed by atoms with Gasteiger partial charge in [-0.2, -0.15) is 5.26 Å². The van der Waals surface area contributed by atoms with Gasteiger partial charge in [-0.25, -0.2) is 0 Å². The Kier molecular flexibility index (Phi) is 4.49. The number of halogens is 2. The lowest BCUT2D eigenvalue weighted by Gasteiger charge is -2.03. The second kappa shape index (κ2) is 5.43. The van der Waals surface area contributed by atoms with Crippen LogP contribution in [0.3, 0.4) is 0 Å². The summed E-state index contributed by atoms with van der Waals surface area (Å²) in [4.78, 5) is 11.7. The third-order valence-electron chi connectivity index (χ3n) is 1.90. The Labute approximate surface area is 106 Å². The van der Waals surface area contributed by atoms with Crippen molar-refractivity contribution in [3.8, 4) is 6.07 Å². The molecule has 0 fully saturated rings.